The molecule has 0 saturated carbocycles. The monoisotopic (exact) mass is 275 g/mol. The Labute approximate surface area is 112 Å². The number of benzene rings is 1. The number of pyridine rings is 1. The molecule has 0 aliphatic carbocycles. The van der Waals surface area contributed by atoms with E-state index in [0.717, 1.165) is 0 Å². The van der Waals surface area contributed by atoms with Gasteiger partial charge in [-0.05, 0) is 35.5 Å². The van der Waals surface area contributed by atoms with Crippen LogP contribution in [0.25, 0.3) is 16.9 Å². The maximum absolute atomic E-state index is 12.9. The van der Waals surface area contributed by atoms with Crippen molar-refractivity contribution >= 4 is 23.1 Å². The Morgan fingerprint density at radius 3 is 2.63 bits per heavy atom. The number of hydrogen-bond acceptors (Lipinski definition) is 3. The lowest BCUT2D eigenvalue weighted by Crippen LogP contribution is -1.82. The molecular formula is C13H7ClFN3O. The highest BCUT2D eigenvalue weighted by molar-refractivity contribution is 6.30. The van der Waals surface area contributed by atoms with Gasteiger partial charge in [-0.3, -0.25) is 4.40 Å². The minimum atomic E-state index is -0.351. The van der Waals surface area contributed by atoms with Crippen LogP contribution in [0.4, 0.5) is 10.2 Å². The molecule has 0 atom stereocenters. The molecule has 2 heterocycles. The van der Waals surface area contributed by atoms with Crippen LogP contribution in [0.2, 0.25) is 5.02 Å². The normalized spacial score (nSPS) is 10.8. The average Bonchev–Trinajstić information content (AvgIpc) is 2.77. The van der Waals surface area contributed by atoms with E-state index >= 15 is 0 Å². The van der Waals surface area contributed by atoms with Gasteiger partial charge in [0.2, 0.25) is 5.82 Å². The van der Waals surface area contributed by atoms with E-state index in [1.165, 1.54) is 16.5 Å². The van der Waals surface area contributed by atoms with Crippen LogP contribution in [0.1, 0.15) is 0 Å². The molecule has 19 heavy (non-hydrogen) atoms. The summed E-state index contributed by atoms with van der Waals surface area (Å²) in [5.74, 6) is -0.186. The van der Waals surface area contributed by atoms with Crippen molar-refractivity contribution < 1.29 is 4.39 Å². The standard InChI is InChI=1S/C13H7ClFN3O/c14-9-5-6-18-11(7-9)16-12(13(18)17-19)8-1-3-10(15)4-2-8/h1-7H. The maximum atomic E-state index is 12.9. The Bertz CT molecular complexity index is 767. The summed E-state index contributed by atoms with van der Waals surface area (Å²) in [7, 11) is 0. The maximum Gasteiger partial charge on any atom is 0.209 e. The number of nitroso groups, excluding NO2 is 1. The highest BCUT2D eigenvalue weighted by Gasteiger charge is 2.14. The van der Waals surface area contributed by atoms with E-state index in [0.29, 0.717) is 21.9 Å². The summed E-state index contributed by atoms with van der Waals surface area (Å²) in [5, 5.41) is 3.52. The van der Waals surface area contributed by atoms with Crippen LogP contribution in [0.15, 0.2) is 47.8 Å². The summed E-state index contributed by atoms with van der Waals surface area (Å²) in [6.07, 6.45) is 1.62. The lowest BCUT2D eigenvalue weighted by Gasteiger charge is -1.97. The Morgan fingerprint density at radius 2 is 1.95 bits per heavy atom. The zero-order valence-corrected chi connectivity index (χ0v) is 10.3. The third kappa shape index (κ3) is 1.98. The first-order valence-corrected chi connectivity index (χ1v) is 5.84. The minimum absolute atomic E-state index is 0.165. The predicted molar refractivity (Wildman–Crippen MR) is 71.1 cm³/mol. The first kappa shape index (κ1) is 11.8. The first-order chi connectivity index (χ1) is 9.19. The van der Waals surface area contributed by atoms with Crippen molar-refractivity contribution in [2.24, 2.45) is 5.18 Å². The minimum Gasteiger partial charge on any atom is -0.281 e. The number of aromatic nitrogens is 2. The van der Waals surface area contributed by atoms with Crippen molar-refractivity contribution in [3.63, 3.8) is 0 Å². The highest BCUT2D eigenvalue weighted by Crippen LogP contribution is 2.31. The molecule has 0 unspecified atom stereocenters. The summed E-state index contributed by atoms with van der Waals surface area (Å²) in [6, 6.07) is 8.98. The van der Waals surface area contributed by atoms with Gasteiger partial charge in [0.25, 0.3) is 0 Å². The van der Waals surface area contributed by atoms with Crippen LogP contribution in [0, 0.1) is 10.7 Å². The quantitative estimate of drug-likeness (QED) is 0.658. The van der Waals surface area contributed by atoms with Crippen LogP contribution in [0.5, 0.6) is 0 Å². The molecule has 0 aliphatic heterocycles. The van der Waals surface area contributed by atoms with Crippen molar-refractivity contribution in [1.82, 2.24) is 9.38 Å². The van der Waals surface area contributed by atoms with E-state index in [9.17, 15) is 9.30 Å². The van der Waals surface area contributed by atoms with Crippen molar-refractivity contribution in [2.75, 3.05) is 0 Å². The zero-order chi connectivity index (χ0) is 13.4. The van der Waals surface area contributed by atoms with E-state index in [4.69, 9.17) is 11.6 Å². The average molecular weight is 276 g/mol. The topological polar surface area (TPSA) is 46.7 Å². The van der Waals surface area contributed by atoms with Gasteiger partial charge in [-0.15, -0.1) is 4.91 Å². The smallest absolute Gasteiger partial charge is 0.209 e. The van der Waals surface area contributed by atoms with E-state index < -0.39 is 0 Å². The van der Waals surface area contributed by atoms with Crippen LogP contribution < -0.4 is 0 Å². The Balaban J connectivity index is 2.28. The molecule has 3 aromatic rings. The molecule has 0 bridgehead atoms. The molecular weight excluding hydrogens is 269 g/mol. The fourth-order valence-electron chi connectivity index (χ4n) is 1.90. The van der Waals surface area contributed by atoms with Crippen molar-refractivity contribution in [3.05, 3.63) is 58.3 Å². The van der Waals surface area contributed by atoms with E-state index in [1.807, 2.05) is 0 Å². The predicted octanol–water partition coefficient (Wildman–Crippen LogP) is 4.19. The van der Waals surface area contributed by atoms with Gasteiger partial charge in [0.15, 0.2) is 0 Å². The molecule has 1 aromatic carbocycles. The molecule has 3 rings (SSSR count). The number of nitrogens with zero attached hydrogens (tertiary/aromatic N) is 3. The molecule has 6 heteroatoms. The number of imidazole rings is 1. The van der Waals surface area contributed by atoms with Gasteiger partial charge in [0.05, 0.1) is 0 Å². The van der Waals surface area contributed by atoms with Crippen molar-refractivity contribution in [3.8, 4) is 11.3 Å². The molecule has 2 aromatic heterocycles. The first-order valence-electron chi connectivity index (χ1n) is 5.46. The fraction of sp³-hybridized carbons (Fsp3) is 0. The lowest BCUT2D eigenvalue weighted by atomic mass is 10.1. The third-order valence-electron chi connectivity index (χ3n) is 2.77. The lowest BCUT2D eigenvalue weighted by molar-refractivity contribution is 0.628. The number of fused-ring (bicyclic) bond motifs is 1. The van der Waals surface area contributed by atoms with E-state index in [2.05, 4.69) is 10.2 Å². The summed E-state index contributed by atoms with van der Waals surface area (Å²) < 4.78 is 14.5. The Kier molecular flexibility index (Phi) is 2.76. The molecule has 0 fully saturated rings. The van der Waals surface area contributed by atoms with Crippen molar-refractivity contribution in [2.45, 2.75) is 0 Å². The molecule has 0 amide bonds. The van der Waals surface area contributed by atoms with Crippen LogP contribution >= 0.6 is 11.6 Å². The van der Waals surface area contributed by atoms with Crippen molar-refractivity contribution in [1.29, 1.82) is 0 Å². The van der Waals surface area contributed by atoms with Crippen LogP contribution in [-0.4, -0.2) is 9.38 Å². The molecule has 0 aliphatic rings. The fourth-order valence-corrected chi connectivity index (χ4v) is 2.05. The summed E-state index contributed by atoms with van der Waals surface area (Å²) in [4.78, 5) is 15.3. The number of hydrogen-bond donors (Lipinski definition) is 0. The summed E-state index contributed by atoms with van der Waals surface area (Å²) >= 11 is 5.88. The summed E-state index contributed by atoms with van der Waals surface area (Å²) in [5.41, 5.74) is 1.54. The van der Waals surface area contributed by atoms with E-state index in [1.54, 1.807) is 30.5 Å². The second-order valence-electron chi connectivity index (χ2n) is 3.96. The van der Waals surface area contributed by atoms with Gasteiger partial charge in [-0.1, -0.05) is 11.6 Å². The largest absolute Gasteiger partial charge is 0.281 e. The number of rotatable bonds is 2. The van der Waals surface area contributed by atoms with Gasteiger partial charge in [0.1, 0.15) is 17.2 Å². The second-order valence-corrected chi connectivity index (χ2v) is 4.39. The second kappa shape index (κ2) is 4.44. The Hall–Kier alpha value is -2.27. The molecule has 4 nitrogen and oxygen atoms in total. The van der Waals surface area contributed by atoms with Crippen LogP contribution in [0.3, 0.4) is 0 Å². The van der Waals surface area contributed by atoms with Gasteiger partial charge in [-0.25, -0.2) is 9.37 Å². The summed E-state index contributed by atoms with van der Waals surface area (Å²) in [6.45, 7) is 0. The molecule has 0 saturated heterocycles. The van der Waals surface area contributed by atoms with Gasteiger partial charge in [0, 0.05) is 22.8 Å². The van der Waals surface area contributed by atoms with Gasteiger partial charge < -0.3 is 0 Å². The van der Waals surface area contributed by atoms with Gasteiger partial charge in [-0.2, -0.15) is 0 Å². The number of halogens is 2. The van der Waals surface area contributed by atoms with Crippen LogP contribution in [-0.2, 0) is 0 Å². The highest BCUT2D eigenvalue weighted by atomic mass is 35.5. The van der Waals surface area contributed by atoms with Gasteiger partial charge >= 0.3 is 0 Å². The molecule has 0 radical (unpaired) electrons. The Morgan fingerprint density at radius 1 is 1.21 bits per heavy atom. The zero-order valence-electron chi connectivity index (χ0n) is 9.55. The molecule has 94 valence electrons. The van der Waals surface area contributed by atoms with E-state index in [-0.39, 0.29) is 11.6 Å². The third-order valence-corrected chi connectivity index (χ3v) is 3.00. The molecule has 0 spiro atoms. The SMILES string of the molecule is O=Nc1c(-c2ccc(F)cc2)nc2cc(Cl)ccn12. The molecule has 0 N–H and O–H groups in total.